The fourth-order valence-corrected chi connectivity index (χ4v) is 2.28. The highest BCUT2D eigenvalue weighted by molar-refractivity contribution is 5.88. The van der Waals surface area contributed by atoms with Gasteiger partial charge in [0.15, 0.2) is 0 Å². The number of nitrogens with zero attached hydrogens (tertiary/aromatic N) is 2. The summed E-state index contributed by atoms with van der Waals surface area (Å²) in [6.07, 6.45) is 5.65. The van der Waals surface area contributed by atoms with Crippen LogP contribution in [0.25, 0.3) is 0 Å². The minimum atomic E-state index is -1.01. The summed E-state index contributed by atoms with van der Waals surface area (Å²) in [5.74, 6) is -0.544. The third-order valence-electron chi connectivity index (χ3n) is 3.92. The number of aliphatic carboxylic acids is 1. The summed E-state index contributed by atoms with van der Waals surface area (Å²) in [7, 11) is 3.49. The Morgan fingerprint density at radius 1 is 1.21 bits per heavy atom. The molecule has 0 bridgehead atoms. The Morgan fingerprint density at radius 2 is 1.72 bits per heavy atom. The van der Waals surface area contributed by atoms with Gasteiger partial charge >= 0.3 is 5.97 Å². The highest BCUT2D eigenvalue weighted by Gasteiger charge is 2.26. The predicted octanol–water partition coefficient (Wildman–Crippen LogP) is 3.15. The van der Waals surface area contributed by atoms with Crippen molar-refractivity contribution in [1.82, 2.24) is 15.1 Å². The van der Waals surface area contributed by atoms with Crippen LogP contribution in [0.1, 0.15) is 67.2 Å². The van der Waals surface area contributed by atoms with Crippen molar-refractivity contribution in [2.24, 2.45) is 5.92 Å². The molecule has 1 aliphatic heterocycles. The smallest absolute Gasteiger partial charge is 0.331 e. The van der Waals surface area contributed by atoms with E-state index < -0.39 is 5.97 Å². The van der Waals surface area contributed by atoms with E-state index in [0.29, 0.717) is 0 Å². The maximum atomic E-state index is 12.1. The number of nitrogens with one attached hydrogen (secondary N) is 1. The van der Waals surface area contributed by atoms with Crippen molar-refractivity contribution >= 4 is 17.8 Å². The summed E-state index contributed by atoms with van der Waals surface area (Å²) >= 11 is 0. The zero-order chi connectivity index (χ0) is 23.0. The van der Waals surface area contributed by atoms with Crippen molar-refractivity contribution in [1.29, 1.82) is 0 Å². The zero-order valence-corrected chi connectivity index (χ0v) is 19.7. The summed E-state index contributed by atoms with van der Waals surface area (Å²) < 4.78 is 0. The van der Waals surface area contributed by atoms with E-state index in [1.54, 1.807) is 7.05 Å². The zero-order valence-electron chi connectivity index (χ0n) is 19.7. The van der Waals surface area contributed by atoms with Crippen LogP contribution in [0.3, 0.4) is 0 Å². The maximum Gasteiger partial charge on any atom is 0.331 e. The van der Waals surface area contributed by atoms with Crippen molar-refractivity contribution < 1.29 is 19.5 Å². The van der Waals surface area contributed by atoms with E-state index in [1.165, 1.54) is 24.3 Å². The molecule has 170 valence electrons. The molecule has 2 amide bonds. The molecule has 7 heteroatoms. The lowest BCUT2D eigenvalue weighted by molar-refractivity contribution is -0.133. The van der Waals surface area contributed by atoms with Crippen molar-refractivity contribution in [2.75, 3.05) is 33.7 Å². The lowest BCUT2D eigenvalue weighted by atomic mass is 10.0. The maximum absolute atomic E-state index is 12.1. The third kappa shape index (κ3) is 15.7. The van der Waals surface area contributed by atoms with Gasteiger partial charge in [0, 0.05) is 19.2 Å². The van der Waals surface area contributed by atoms with Gasteiger partial charge < -0.3 is 15.3 Å². The number of amides is 2. The molecule has 0 aromatic rings. The standard InChI is InChI=1S/C15H25N3O4.C4H10.C3H8/c1-11(15(21)22)7-9-18(3)13(19)10-16-14(20)12-6-4-5-8-17(12)2;1-4(2)3;1-3-2/h7,12H,4-6,8-10H2,1-3H3,(H,16,20)(H,21,22);4H,1-3H3;3H2,1-2H3/b11-7+;;. The largest absolute Gasteiger partial charge is 0.478 e. The van der Waals surface area contributed by atoms with E-state index in [0.717, 1.165) is 31.7 Å². The fourth-order valence-electron chi connectivity index (χ4n) is 2.28. The first-order valence-electron chi connectivity index (χ1n) is 10.6. The normalized spacial score (nSPS) is 16.7. The molecule has 0 aromatic carbocycles. The van der Waals surface area contributed by atoms with E-state index >= 15 is 0 Å². The van der Waals surface area contributed by atoms with E-state index in [9.17, 15) is 14.4 Å². The van der Waals surface area contributed by atoms with Crippen molar-refractivity contribution in [3.8, 4) is 0 Å². The second-order valence-electron chi connectivity index (χ2n) is 8.12. The van der Waals surface area contributed by atoms with Gasteiger partial charge in [0.2, 0.25) is 11.8 Å². The number of hydrogen-bond donors (Lipinski definition) is 2. The van der Waals surface area contributed by atoms with E-state index in [1.807, 2.05) is 11.9 Å². The topological polar surface area (TPSA) is 90.0 Å². The molecular weight excluding hydrogens is 370 g/mol. The average Bonchev–Trinajstić information content (AvgIpc) is 2.64. The SMILES string of the molecule is C/C(=C\CN(C)C(=O)CNC(=O)C1CCCCN1C)C(=O)O.CC(C)C.CCC. The minimum absolute atomic E-state index is 0.0698. The van der Waals surface area contributed by atoms with Gasteiger partial charge in [-0.3, -0.25) is 14.5 Å². The van der Waals surface area contributed by atoms with Gasteiger partial charge in [0.1, 0.15) is 0 Å². The molecule has 7 nitrogen and oxygen atoms in total. The van der Waals surface area contributed by atoms with E-state index in [4.69, 9.17) is 5.11 Å². The van der Waals surface area contributed by atoms with Crippen LogP contribution in [0.15, 0.2) is 11.6 Å². The molecule has 1 unspecified atom stereocenters. The lowest BCUT2D eigenvalue weighted by Gasteiger charge is -2.31. The average molecular weight is 414 g/mol. The minimum Gasteiger partial charge on any atom is -0.478 e. The van der Waals surface area contributed by atoms with Gasteiger partial charge in [-0.25, -0.2) is 4.79 Å². The van der Waals surface area contributed by atoms with Crippen LogP contribution in [0.4, 0.5) is 0 Å². The molecule has 0 radical (unpaired) electrons. The number of likely N-dealkylation sites (tertiary alicyclic amines) is 1. The Balaban J connectivity index is 0. The van der Waals surface area contributed by atoms with Gasteiger partial charge in [0.05, 0.1) is 12.6 Å². The number of carbonyl (C=O) groups excluding carboxylic acids is 2. The molecule has 1 aliphatic rings. The first-order valence-corrected chi connectivity index (χ1v) is 10.6. The molecule has 0 aliphatic carbocycles. The predicted molar refractivity (Wildman–Crippen MR) is 119 cm³/mol. The van der Waals surface area contributed by atoms with Crippen LogP contribution in [0.2, 0.25) is 0 Å². The highest BCUT2D eigenvalue weighted by atomic mass is 16.4. The van der Waals surface area contributed by atoms with Crippen molar-refractivity contribution in [3.05, 3.63) is 11.6 Å². The molecule has 0 saturated carbocycles. The Hall–Kier alpha value is -1.89. The molecule has 1 saturated heterocycles. The van der Waals surface area contributed by atoms with E-state index in [2.05, 4.69) is 39.9 Å². The quantitative estimate of drug-likeness (QED) is 0.653. The lowest BCUT2D eigenvalue weighted by Crippen LogP contribution is -2.49. The van der Waals surface area contributed by atoms with Crippen LogP contribution >= 0.6 is 0 Å². The molecule has 0 spiro atoms. The molecule has 1 heterocycles. The number of hydrogen-bond acceptors (Lipinski definition) is 4. The molecule has 0 aromatic heterocycles. The molecule has 29 heavy (non-hydrogen) atoms. The summed E-state index contributed by atoms with van der Waals surface area (Å²) in [6.45, 7) is 13.3. The van der Waals surface area contributed by atoms with Gasteiger partial charge in [-0.15, -0.1) is 0 Å². The van der Waals surface area contributed by atoms with Crippen LogP contribution in [-0.4, -0.2) is 72.5 Å². The molecule has 1 fully saturated rings. The first-order chi connectivity index (χ1) is 13.5. The Kier molecular flexibility index (Phi) is 17.2. The third-order valence-corrected chi connectivity index (χ3v) is 3.92. The number of likely N-dealkylation sites (N-methyl/N-ethyl adjacent to an activating group) is 2. The highest BCUT2D eigenvalue weighted by Crippen LogP contribution is 2.14. The fraction of sp³-hybridized carbons (Fsp3) is 0.773. The summed E-state index contributed by atoms with van der Waals surface area (Å²) in [5.41, 5.74) is 0.188. The van der Waals surface area contributed by atoms with E-state index in [-0.39, 0.29) is 36.5 Å². The Bertz CT molecular complexity index is 515. The van der Waals surface area contributed by atoms with Gasteiger partial charge in [-0.2, -0.15) is 0 Å². The molecular formula is C22H43N3O4. The van der Waals surface area contributed by atoms with Crippen LogP contribution in [-0.2, 0) is 14.4 Å². The molecule has 1 rings (SSSR count). The van der Waals surface area contributed by atoms with Gasteiger partial charge in [-0.1, -0.05) is 53.5 Å². The Labute approximate surface area is 177 Å². The van der Waals surface area contributed by atoms with Gasteiger partial charge in [-0.05, 0) is 39.3 Å². The van der Waals surface area contributed by atoms with Crippen molar-refractivity contribution in [3.63, 3.8) is 0 Å². The Morgan fingerprint density at radius 3 is 2.17 bits per heavy atom. The molecule has 1 atom stereocenters. The van der Waals surface area contributed by atoms with Crippen LogP contribution in [0, 0.1) is 5.92 Å². The summed E-state index contributed by atoms with van der Waals surface area (Å²) in [5, 5.41) is 11.4. The first kappa shape index (κ1) is 29.3. The number of carboxylic acid groups (broad SMARTS) is 1. The van der Waals surface area contributed by atoms with Gasteiger partial charge in [0.25, 0.3) is 0 Å². The number of carboxylic acids is 1. The number of carbonyl (C=O) groups is 3. The monoisotopic (exact) mass is 413 g/mol. The second kappa shape index (κ2) is 17.0. The summed E-state index contributed by atoms with van der Waals surface area (Å²) in [6, 6.07) is -0.166. The number of piperidine rings is 1. The molecule has 2 N–H and O–H groups in total. The van der Waals surface area contributed by atoms with Crippen LogP contribution < -0.4 is 5.32 Å². The van der Waals surface area contributed by atoms with Crippen LogP contribution in [0.5, 0.6) is 0 Å². The van der Waals surface area contributed by atoms with Crippen molar-refractivity contribution in [2.45, 2.75) is 73.3 Å². The second-order valence-corrected chi connectivity index (χ2v) is 8.12. The summed E-state index contributed by atoms with van der Waals surface area (Å²) in [4.78, 5) is 38.1. The number of rotatable bonds is 6.